The summed E-state index contributed by atoms with van der Waals surface area (Å²) in [5, 5.41) is 0.682. The van der Waals surface area contributed by atoms with Gasteiger partial charge in [0.25, 0.3) is 0 Å². The van der Waals surface area contributed by atoms with E-state index in [9.17, 15) is 4.21 Å². The largest absolute Gasteiger partial charge is 0.487 e. The SMILES string of the molecule is Nc1ncnc2c1c(-c1cccc(OCC34CCC(CC3)O4)c1F)cn2C1CC(CN2CCS(=O)CC2)C1. The lowest BCUT2D eigenvalue weighted by molar-refractivity contribution is -0.0206. The van der Waals surface area contributed by atoms with Crippen LogP contribution in [0.3, 0.4) is 0 Å². The van der Waals surface area contributed by atoms with E-state index < -0.39 is 16.6 Å². The van der Waals surface area contributed by atoms with Gasteiger partial charge < -0.3 is 24.7 Å². The minimum absolute atomic E-state index is 0.235. The van der Waals surface area contributed by atoms with Gasteiger partial charge >= 0.3 is 0 Å². The van der Waals surface area contributed by atoms with Crippen molar-refractivity contribution in [1.82, 2.24) is 19.4 Å². The molecule has 2 bridgehead atoms. The van der Waals surface area contributed by atoms with Gasteiger partial charge in [-0.2, -0.15) is 0 Å². The van der Waals surface area contributed by atoms with Crippen molar-refractivity contribution in [1.29, 1.82) is 0 Å². The number of aromatic nitrogens is 3. The first-order chi connectivity index (χ1) is 18.5. The van der Waals surface area contributed by atoms with E-state index in [1.165, 1.54) is 6.33 Å². The van der Waals surface area contributed by atoms with Crippen molar-refractivity contribution in [3.63, 3.8) is 0 Å². The number of rotatable bonds is 7. The van der Waals surface area contributed by atoms with Crippen molar-refractivity contribution >= 4 is 27.7 Å². The Bertz CT molecular complexity index is 1370. The molecule has 3 saturated heterocycles. The van der Waals surface area contributed by atoms with Crippen LogP contribution in [0.4, 0.5) is 10.2 Å². The molecule has 2 aromatic heterocycles. The molecule has 2 N–H and O–H groups in total. The summed E-state index contributed by atoms with van der Waals surface area (Å²) in [5.74, 6) is 2.34. The topological polar surface area (TPSA) is 95.5 Å². The number of hydrogen-bond acceptors (Lipinski definition) is 7. The average Bonchev–Trinajstić information content (AvgIpc) is 3.61. The minimum atomic E-state index is -0.655. The van der Waals surface area contributed by atoms with Gasteiger partial charge in [0, 0.05) is 65.3 Å². The second kappa shape index (κ2) is 9.57. The fourth-order valence-corrected chi connectivity index (χ4v) is 7.94. The van der Waals surface area contributed by atoms with Crippen LogP contribution in [0.15, 0.2) is 30.7 Å². The summed E-state index contributed by atoms with van der Waals surface area (Å²) in [7, 11) is -0.655. The molecule has 3 aromatic rings. The number of halogens is 1. The Kier molecular flexibility index (Phi) is 6.16. The molecule has 5 heterocycles. The molecular formula is C28H34FN5O3S. The number of nitrogen functional groups attached to an aromatic ring is 1. The van der Waals surface area contributed by atoms with Crippen LogP contribution in [-0.4, -0.2) is 73.1 Å². The van der Waals surface area contributed by atoms with Crippen LogP contribution in [0.1, 0.15) is 44.6 Å². The average molecular weight is 540 g/mol. The molecule has 0 spiro atoms. The highest BCUT2D eigenvalue weighted by atomic mass is 32.2. The van der Waals surface area contributed by atoms with E-state index in [1.54, 1.807) is 12.1 Å². The zero-order chi connectivity index (χ0) is 25.9. The lowest BCUT2D eigenvalue weighted by Crippen LogP contribution is -2.43. The standard InChI is InChI=1S/C28H34FN5O3S/c29-25-21(2-1-3-23(25)36-16-28-6-4-20(37-28)5-7-28)22-15-34(27-24(22)26(30)31-17-32-27)19-12-18(13-19)14-33-8-10-38(35)11-9-33/h1-3,15,17-20H,4-14,16H2,(H2,30,31,32). The van der Waals surface area contributed by atoms with Crippen LogP contribution in [0.2, 0.25) is 0 Å². The van der Waals surface area contributed by atoms with E-state index in [0.29, 0.717) is 41.0 Å². The molecule has 0 atom stereocenters. The molecule has 0 radical (unpaired) electrons. The number of nitrogens with two attached hydrogens (primary N) is 1. The summed E-state index contributed by atoms with van der Waals surface area (Å²) in [6.45, 7) is 3.24. The minimum Gasteiger partial charge on any atom is -0.487 e. The monoisotopic (exact) mass is 539 g/mol. The summed E-state index contributed by atoms with van der Waals surface area (Å²) in [5.41, 5.74) is 7.94. The van der Waals surface area contributed by atoms with Crippen LogP contribution >= 0.6 is 0 Å². The molecule has 0 amide bonds. The van der Waals surface area contributed by atoms with Gasteiger partial charge in [0.1, 0.15) is 30.0 Å². The molecule has 1 saturated carbocycles. The third-order valence-corrected chi connectivity index (χ3v) is 10.3. The van der Waals surface area contributed by atoms with E-state index in [0.717, 1.165) is 75.3 Å². The summed E-state index contributed by atoms with van der Waals surface area (Å²) in [6.07, 6.45) is 9.93. The summed E-state index contributed by atoms with van der Waals surface area (Å²) < 4.78 is 41.9. The highest BCUT2D eigenvalue weighted by Gasteiger charge is 2.47. The Labute approximate surface area is 224 Å². The third kappa shape index (κ3) is 4.30. The van der Waals surface area contributed by atoms with Crippen molar-refractivity contribution in [2.24, 2.45) is 5.92 Å². The maximum atomic E-state index is 15.9. The van der Waals surface area contributed by atoms with E-state index in [4.69, 9.17) is 15.2 Å². The molecule has 3 aliphatic heterocycles. The van der Waals surface area contributed by atoms with Crippen molar-refractivity contribution in [3.05, 3.63) is 36.5 Å². The third-order valence-electron chi connectivity index (χ3n) is 9.03. The lowest BCUT2D eigenvalue weighted by atomic mass is 9.79. The van der Waals surface area contributed by atoms with E-state index >= 15 is 4.39 Å². The summed E-state index contributed by atoms with van der Waals surface area (Å²) in [4.78, 5) is 11.2. The molecule has 1 aliphatic carbocycles. The Morgan fingerprint density at radius 3 is 2.68 bits per heavy atom. The smallest absolute Gasteiger partial charge is 0.172 e. The first-order valence-electron chi connectivity index (χ1n) is 13.8. The summed E-state index contributed by atoms with van der Waals surface area (Å²) in [6, 6.07) is 5.56. The van der Waals surface area contributed by atoms with Gasteiger partial charge in [-0.05, 0) is 50.5 Å². The molecule has 0 unspecified atom stereocenters. The fourth-order valence-electron chi connectivity index (χ4n) is 6.82. The molecule has 4 fully saturated rings. The molecule has 202 valence electrons. The maximum absolute atomic E-state index is 15.9. The highest BCUT2D eigenvalue weighted by Crippen LogP contribution is 2.46. The number of fused-ring (bicyclic) bond motifs is 3. The maximum Gasteiger partial charge on any atom is 0.172 e. The van der Waals surface area contributed by atoms with E-state index in [1.807, 2.05) is 12.3 Å². The van der Waals surface area contributed by atoms with Crippen molar-refractivity contribution in [3.8, 4) is 16.9 Å². The molecule has 4 aliphatic rings. The second-order valence-electron chi connectivity index (χ2n) is 11.5. The molecule has 1 aromatic carbocycles. The summed E-state index contributed by atoms with van der Waals surface area (Å²) >= 11 is 0. The highest BCUT2D eigenvalue weighted by molar-refractivity contribution is 7.85. The van der Waals surface area contributed by atoms with Crippen LogP contribution < -0.4 is 10.5 Å². The zero-order valence-electron chi connectivity index (χ0n) is 21.5. The zero-order valence-corrected chi connectivity index (χ0v) is 22.3. The number of anilines is 1. The number of ether oxygens (including phenoxy) is 2. The number of hydrogen-bond donors (Lipinski definition) is 1. The van der Waals surface area contributed by atoms with Gasteiger partial charge in [-0.25, -0.2) is 14.4 Å². The van der Waals surface area contributed by atoms with Crippen LogP contribution in [0.25, 0.3) is 22.2 Å². The lowest BCUT2D eigenvalue weighted by Gasteiger charge is -2.40. The number of benzene rings is 1. The van der Waals surface area contributed by atoms with Crippen LogP contribution in [-0.2, 0) is 15.5 Å². The first-order valence-corrected chi connectivity index (χ1v) is 15.2. The Morgan fingerprint density at radius 1 is 1.16 bits per heavy atom. The van der Waals surface area contributed by atoms with Crippen molar-refractivity contribution in [2.45, 2.75) is 56.3 Å². The van der Waals surface area contributed by atoms with Crippen molar-refractivity contribution < 1.29 is 18.1 Å². The number of nitrogens with zero attached hydrogens (tertiary/aromatic N) is 4. The normalized spacial score (nSPS) is 29.7. The van der Waals surface area contributed by atoms with Gasteiger partial charge in [0.2, 0.25) is 0 Å². The van der Waals surface area contributed by atoms with Gasteiger partial charge in [-0.15, -0.1) is 0 Å². The van der Waals surface area contributed by atoms with Gasteiger partial charge in [-0.1, -0.05) is 12.1 Å². The van der Waals surface area contributed by atoms with E-state index in [-0.39, 0.29) is 17.4 Å². The predicted molar refractivity (Wildman–Crippen MR) is 145 cm³/mol. The van der Waals surface area contributed by atoms with Gasteiger partial charge in [0.05, 0.1) is 11.5 Å². The molecule has 7 rings (SSSR count). The quantitative estimate of drug-likeness (QED) is 0.486. The van der Waals surface area contributed by atoms with Crippen LogP contribution in [0, 0.1) is 11.7 Å². The van der Waals surface area contributed by atoms with Crippen LogP contribution in [0.5, 0.6) is 5.75 Å². The van der Waals surface area contributed by atoms with E-state index in [2.05, 4.69) is 19.4 Å². The fraction of sp³-hybridized carbons (Fsp3) is 0.571. The van der Waals surface area contributed by atoms with Gasteiger partial charge in [0.15, 0.2) is 11.6 Å². The molecular weight excluding hydrogens is 505 g/mol. The molecule has 10 heteroatoms. The first kappa shape index (κ1) is 24.5. The Hall–Kier alpha value is -2.56. The molecule has 38 heavy (non-hydrogen) atoms. The van der Waals surface area contributed by atoms with Crippen molar-refractivity contribution in [2.75, 3.05) is 43.5 Å². The van der Waals surface area contributed by atoms with Gasteiger partial charge in [-0.3, -0.25) is 4.21 Å². The Balaban J connectivity index is 1.13. The Morgan fingerprint density at radius 2 is 1.95 bits per heavy atom. The second-order valence-corrected chi connectivity index (χ2v) is 13.2. The molecule has 8 nitrogen and oxygen atoms in total. The predicted octanol–water partition coefficient (Wildman–Crippen LogP) is 3.93.